The molecule has 0 aliphatic heterocycles. The van der Waals surface area contributed by atoms with Gasteiger partial charge in [-0.1, -0.05) is 20.8 Å². The summed E-state index contributed by atoms with van der Waals surface area (Å²) in [5.74, 6) is 1.02. The second-order valence-electron chi connectivity index (χ2n) is 3.96. The number of nitrogens with zero attached hydrogens (tertiary/aromatic N) is 1. The van der Waals surface area contributed by atoms with Crippen molar-refractivity contribution in [1.29, 1.82) is 0 Å². The number of pyridine rings is 1. The van der Waals surface area contributed by atoms with E-state index in [1.807, 2.05) is 19.1 Å². The third kappa shape index (κ3) is 2.20. The van der Waals surface area contributed by atoms with Gasteiger partial charge in [0, 0.05) is 18.6 Å². The van der Waals surface area contributed by atoms with Crippen LogP contribution in [-0.2, 0) is 0 Å². The molecular weight excluding hydrogens is 162 g/mol. The van der Waals surface area contributed by atoms with Crippen molar-refractivity contribution in [3.05, 3.63) is 34.8 Å². The van der Waals surface area contributed by atoms with Gasteiger partial charge in [-0.15, -0.1) is 0 Å². The summed E-state index contributed by atoms with van der Waals surface area (Å²) in [4.78, 5) is 0. The molecule has 0 fully saturated rings. The minimum atomic E-state index is 0.445. The number of rotatable bonds is 2. The fourth-order valence-corrected chi connectivity index (χ4v) is 1.22. The van der Waals surface area contributed by atoms with Crippen LogP contribution in [0.5, 0.6) is 0 Å². The van der Waals surface area contributed by atoms with Crippen LogP contribution in [0.25, 0.3) is 0 Å². The Kier molecular flexibility index (Phi) is 2.91. The summed E-state index contributed by atoms with van der Waals surface area (Å²) in [5, 5.41) is 11.3. The maximum Gasteiger partial charge on any atom is 0.189 e. The highest BCUT2D eigenvalue weighted by Gasteiger charge is 2.12. The number of hydrogen-bond acceptors (Lipinski definition) is 1. The van der Waals surface area contributed by atoms with E-state index in [-0.39, 0.29) is 0 Å². The van der Waals surface area contributed by atoms with E-state index in [0.29, 0.717) is 11.8 Å². The first-order chi connectivity index (χ1) is 6.02. The highest BCUT2D eigenvalue weighted by molar-refractivity contribution is 5.14. The number of aryl methyl sites for hydroxylation is 1. The molecule has 72 valence electrons. The van der Waals surface area contributed by atoms with Crippen LogP contribution in [0.2, 0.25) is 0 Å². The molecule has 0 spiro atoms. The molecule has 1 heterocycles. The van der Waals surface area contributed by atoms with E-state index in [0.717, 1.165) is 16.0 Å². The fraction of sp³-hybridized carbons (Fsp3) is 0.545. The lowest BCUT2D eigenvalue weighted by Gasteiger charge is -2.15. The van der Waals surface area contributed by atoms with Crippen LogP contribution < -0.4 is 4.73 Å². The minimum absolute atomic E-state index is 0.445. The predicted molar refractivity (Wildman–Crippen MR) is 53.4 cm³/mol. The Morgan fingerprint density at radius 2 is 1.85 bits per heavy atom. The normalized spacial score (nSPS) is 13.3. The van der Waals surface area contributed by atoms with E-state index in [2.05, 4.69) is 20.8 Å². The highest BCUT2D eigenvalue weighted by Crippen LogP contribution is 2.22. The summed E-state index contributed by atoms with van der Waals surface area (Å²) in [5.41, 5.74) is 1.87. The Morgan fingerprint density at radius 1 is 1.23 bits per heavy atom. The Labute approximate surface area is 79.8 Å². The van der Waals surface area contributed by atoms with Crippen LogP contribution in [0.1, 0.15) is 37.9 Å². The molecule has 0 N–H and O–H groups in total. The van der Waals surface area contributed by atoms with E-state index < -0.39 is 0 Å². The topological polar surface area (TPSA) is 26.9 Å². The number of aromatic nitrogens is 1. The zero-order valence-electron chi connectivity index (χ0n) is 8.74. The van der Waals surface area contributed by atoms with Gasteiger partial charge in [0.05, 0.1) is 0 Å². The van der Waals surface area contributed by atoms with Crippen LogP contribution in [0.15, 0.2) is 18.3 Å². The Morgan fingerprint density at radius 3 is 2.31 bits per heavy atom. The average Bonchev–Trinajstić information content (AvgIpc) is 2.08. The first kappa shape index (κ1) is 10.0. The molecule has 0 aromatic carbocycles. The van der Waals surface area contributed by atoms with Gasteiger partial charge in [0.15, 0.2) is 11.9 Å². The quantitative estimate of drug-likeness (QED) is 0.506. The molecule has 0 amide bonds. The molecule has 1 atom stereocenters. The summed E-state index contributed by atoms with van der Waals surface area (Å²) in [6.45, 7) is 8.30. The monoisotopic (exact) mass is 179 g/mol. The molecule has 0 aliphatic carbocycles. The lowest BCUT2D eigenvalue weighted by Crippen LogP contribution is -2.30. The van der Waals surface area contributed by atoms with Crippen molar-refractivity contribution in [2.45, 2.75) is 33.6 Å². The Bertz CT molecular complexity index is 294. The van der Waals surface area contributed by atoms with Crippen LogP contribution in [-0.4, -0.2) is 0 Å². The van der Waals surface area contributed by atoms with Gasteiger partial charge in [-0.2, -0.15) is 4.73 Å². The highest BCUT2D eigenvalue weighted by atomic mass is 16.5. The van der Waals surface area contributed by atoms with Crippen LogP contribution in [0.3, 0.4) is 0 Å². The first-order valence-corrected chi connectivity index (χ1v) is 4.72. The van der Waals surface area contributed by atoms with Gasteiger partial charge < -0.3 is 5.21 Å². The van der Waals surface area contributed by atoms with Crippen LogP contribution in [0, 0.1) is 18.0 Å². The molecule has 0 aliphatic rings. The zero-order valence-corrected chi connectivity index (χ0v) is 8.74. The average molecular weight is 179 g/mol. The molecule has 0 saturated carbocycles. The molecule has 0 saturated heterocycles. The molecule has 1 aromatic heterocycles. The molecule has 0 bridgehead atoms. The summed E-state index contributed by atoms with van der Waals surface area (Å²) in [7, 11) is 0. The van der Waals surface area contributed by atoms with Crippen molar-refractivity contribution in [2.24, 2.45) is 5.92 Å². The lowest BCUT2D eigenvalue weighted by molar-refractivity contribution is -0.612. The van der Waals surface area contributed by atoms with Crippen molar-refractivity contribution in [3.63, 3.8) is 0 Å². The van der Waals surface area contributed by atoms with Gasteiger partial charge in [-0.05, 0) is 17.9 Å². The van der Waals surface area contributed by atoms with Gasteiger partial charge in [0.1, 0.15) is 0 Å². The molecule has 1 aromatic rings. The second-order valence-corrected chi connectivity index (χ2v) is 3.96. The molecule has 1 rings (SSSR count). The van der Waals surface area contributed by atoms with Crippen molar-refractivity contribution in [3.8, 4) is 0 Å². The van der Waals surface area contributed by atoms with E-state index in [4.69, 9.17) is 0 Å². The van der Waals surface area contributed by atoms with E-state index in [9.17, 15) is 5.21 Å². The van der Waals surface area contributed by atoms with E-state index in [1.54, 1.807) is 6.20 Å². The van der Waals surface area contributed by atoms with Gasteiger partial charge in [0.25, 0.3) is 0 Å². The van der Waals surface area contributed by atoms with Crippen molar-refractivity contribution in [1.82, 2.24) is 0 Å². The smallest absolute Gasteiger partial charge is 0.189 e. The lowest BCUT2D eigenvalue weighted by atomic mass is 9.91. The predicted octanol–water partition coefficient (Wildman–Crippen LogP) is 2.39. The van der Waals surface area contributed by atoms with Crippen molar-refractivity contribution in [2.75, 3.05) is 0 Å². The van der Waals surface area contributed by atoms with Crippen molar-refractivity contribution >= 4 is 0 Å². The summed E-state index contributed by atoms with van der Waals surface area (Å²) in [6.07, 6.45) is 1.68. The van der Waals surface area contributed by atoms with Gasteiger partial charge in [-0.25, -0.2) is 0 Å². The molecule has 0 unspecified atom stereocenters. The van der Waals surface area contributed by atoms with Crippen molar-refractivity contribution < 1.29 is 4.73 Å². The molecule has 2 nitrogen and oxygen atoms in total. The van der Waals surface area contributed by atoms with E-state index >= 15 is 0 Å². The van der Waals surface area contributed by atoms with Gasteiger partial charge in [0.2, 0.25) is 0 Å². The Balaban J connectivity index is 2.97. The van der Waals surface area contributed by atoms with Gasteiger partial charge in [-0.3, -0.25) is 0 Å². The molecule has 0 radical (unpaired) electrons. The van der Waals surface area contributed by atoms with Gasteiger partial charge >= 0.3 is 0 Å². The van der Waals surface area contributed by atoms with E-state index in [1.165, 1.54) is 0 Å². The third-order valence-corrected chi connectivity index (χ3v) is 2.66. The van der Waals surface area contributed by atoms with Crippen LogP contribution in [0.4, 0.5) is 0 Å². The third-order valence-electron chi connectivity index (χ3n) is 2.66. The fourth-order valence-electron chi connectivity index (χ4n) is 1.22. The molecule has 13 heavy (non-hydrogen) atoms. The first-order valence-electron chi connectivity index (χ1n) is 4.72. The molecular formula is C11H17NO. The zero-order chi connectivity index (χ0) is 10.0. The standard InChI is InChI=1S/C11H17NO/c1-8(2)10(4)11-6-5-9(3)12(13)7-11/h5-8,10H,1-4H3/t10-/m0/s1. The maximum absolute atomic E-state index is 11.3. The SMILES string of the molecule is Cc1ccc([C@@H](C)C(C)C)c[n+]1[O-]. The minimum Gasteiger partial charge on any atom is -0.619 e. The number of hydrogen-bond donors (Lipinski definition) is 0. The second kappa shape index (κ2) is 3.77. The maximum atomic E-state index is 11.3. The summed E-state index contributed by atoms with van der Waals surface area (Å²) < 4.78 is 0.939. The van der Waals surface area contributed by atoms with Crippen LogP contribution >= 0.6 is 0 Å². The largest absolute Gasteiger partial charge is 0.619 e. The molecule has 2 heteroatoms. The summed E-state index contributed by atoms with van der Waals surface area (Å²) >= 11 is 0. The Hall–Kier alpha value is -1.05. The summed E-state index contributed by atoms with van der Waals surface area (Å²) in [6, 6.07) is 3.91.